The first-order chi connectivity index (χ1) is 15.4. The number of halogens is 3. The van der Waals surface area contributed by atoms with Gasteiger partial charge in [0.25, 0.3) is 0 Å². The zero-order valence-corrected chi connectivity index (χ0v) is 17.4. The number of pyridine rings is 1. The molecule has 32 heavy (non-hydrogen) atoms. The number of rotatable bonds is 9. The van der Waals surface area contributed by atoms with E-state index in [1.54, 1.807) is 0 Å². The molecule has 2 heterocycles. The molecule has 0 saturated heterocycles. The van der Waals surface area contributed by atoms with E-state index >= 15 is 0 Å². The highest BCUT2D eigenvalue weighted by atomic mass is 19.4. The van der Waals surface area contributed by atoms with Crippen LogP contribution in [0.5, 0.6) is 5.75 Å². The third-order valence-electron chi connectivity index (χ3n) is 4.99. The monoisotopic (exact) mass is 444 g/mol. The number of aromatic nitrogens is 4. The van der Waals surface area contributed by atoms with Crippen LogP contribution in [-0.4, -0.2) is 39.1 Å². The fourth-order valence-electron chi connectivity index (χ4n) is 3.12. The second-order valence-corrected chi connectivity index (χ2v) is 7.57. The molecule has 0 aliphatic heterocycles. The molecule has 2 N–H and O–H groups in total. The van der Waals surface area contributed by atoms with Crippen LogP contribution >= 0.6 is 0 Å². The van der Waals surface area contributed by atoms with Crippen LogP contribution in [0.3, 0.4) is 0 Å². The normalized spacial score (nSPS) is 14.6. The first-order valence-corrected chi connectivity index (χ1v) is 10.4. The van der Waals surface area contributed by atoms with E-state index in [0.29, 0.717) is 25.0 Å². The van der Waals surface area contributed by atoms with Gasteiger partial charge < -0.3 is 15.4 Å². The molecule has 0 amide bonds. The fourth-order valence-corrected chi connectivity index (χ4v) is 3.12. The molecule has 1 aromatic carbocycles. The van der Waals surface area contributed by atoms with Crippen molar-refractivity contribution >= 4 is 11.9 Å². The second kappa shape index (κ2) is 9.37. The van der Waals surface area contributed by atoms with E-state index in [9.17, 15) is 13.2 Å². The molecule has 0 spiro atoms. The first kappa shape index (κ1) is 21.8. The summed E-state index contributed by atoms with van der Waals surface area (Å²) in [6.45, 7) is 2.78. The molecule has 1 saturated carbocycles. The Balaban J connectivity index is 1.52. The van der Waals surface area contributed by atoms with Gasteiger partial charge >= 0.3 is 6.18 Å². The summed E-state index contributed by atoms with van der Waals surface area (Å²) in [5, 5.41) is 6.28. The van der Waals surface area contributed by atoms with Crippen molar-refractivity contribution in [1.82, 2.24) is 19.9 Å². The van der Waals surface area contributed by atoms with Crippen LogP contribution in [-0.2, 0) is 6.18 Å². The smallest absolute Gasteiger partial charge is 0.433 e. The first-order valence-electron chi connectivity index (χ1n) is 10.4. The summed E-state index contributed by atoms with van der Waals surface area (Å²) in [5.41, 5.74) is -0.977. The summed E-state index contributed by atoms with van der Waals surface area (Å²) in [5.74, 6) is 1.86. The molecule has 4 rings (SSSR count). The number of anilines is 2. The van der Waals surface area contributed by atoms with E-state index in [-0.39, 0.29) is 23.5 Å². The Bertz CT molecular complexity index is 1040. The molecular formula is C22H23F3N6O. The van der Waals surface area contributed by atoms with E-state index in [1.807, 2.05) is 37.3 Å². The minimum Gasteiger partial charge on any atom is -0.492 e. The number of nitrogens with zero attached hydrogens (tertiary/aromatic N) is 4. The van der Waals surface area contributed by atoms with Gasteiger partial charge in [-0.1, -0.05) is 24.3 Å². The van der Waals surface area contributed by atoms with E-state index < -0.39 is 11.9 Å². The van der Waals surface area contributed by atoms with Gasteiger partial charge in [0.15, 0.2) is 5.82 Å². The number of alkyl halides is 3. The molecule has 10 heteroatoms. The van der Waals surface area contributed by atoms with Gasteiger partial charge in [-0.25, -0.2) is 4.98 Å². The van der Waals surface area contributed by atoms with Crippen molar-refractivity contribution in [3.63, 3.8) is 0 Å². The van der Waals surface area contributed by atoms with Gasteiger partial charge in [-0.15, -0.1) is 0 Å². The maximum absolute atomic E-state index is 13.1. The molecule has 2 aromatic heterocycles. The predicted octanol–water partition coefficient (Wildman–Crippen LogP) is 4.65. The maximum atomic E-state index is 13.1. The van der Waals surface area contributed by atoms with Gasteiger partial charge in [-0.2, -0.15) is 28.1 Å². The Morgan fingerprint density at radius 1 is 0.969 bits per heavy atom. The SMILES string of the molecule is CC(Nc1nc(NCCOc2ccccc2)nc(-c2cccc(C(F)(F)F)n2)n1)C1CC1. The van der Waals surface area contributed by atoms with Crippen LogP contribution in [0.1, 0.15) is 25.5 Å². The highest BCUT2D eigenvalue weighted by Gasteiger charge is 2.33. The summed E-state index contributed by atoms with van der Waals surface area (Å²) >= 11 is 0. The molecule has 1 aliphatic rings. The van der Waals surface area contributed by atoms with Gasteiger partial charge in [-0.3, -0.25) is 0 Å². The van der Waals surface area contributed by atoms with E-state index in [2.05, 4.69) is 30.6 Å². The van der Waals surface area contributed by atoms with Gasteiger partial charge in [0.2, 0.25) is 11.9 Å². The molecule has 0 radical (unpaired) electrons. The van der Waals surface area contributed by atoms with Crippen LogP contribution in [0.25, 0.3) is 11.5 Å². The highest BCUT2D eigenvalue weighted by molar-refractivity contribution is 5.54. The number of hydrogen-bond acceptors (Lipinski definition) is 7. The van der Waals surface area contributed by atoms with Crippen molar-refractivity contribution < 1.29 is 17.9 Å². The minimum atomic E-state index is -4.56. The number of hydrogen-bond donors (Lipinski definition) is 2. The Labute approximate surface area is 183 Å². The van der Waals surface area contributed by atoms with Crippen LogP contribution in [0.4, 0.5) is 25.1 Å². The van der Waals surface area contributed by atoms with E-state index in [0.717, 1.165) is 24.7 Å². The average Bonchev–Trinajstić information content (AvgIpc) is 3.63. The molecule has 3 aromatic rings. The summed E-state index contributed by atoms with van der Waals surface area (Å²) in [4.78, 5) is 16.7. The van der Waals surface area contributed by atoms with Crippen LogP contribution < -0.4 is 15.4 Å². The van der Waals surface area contributed by atoms with Gasteiger partial charge in [0.1, 0.15) is 23.7 Å². The lowest BCUT2D eigenvalue weighted by atomic mass is 10.2. The fraction of sp³-hybridized carbons (Fsp3) is 0.364. The zero-order chi connectivity index (χ0) is 22.6. The van der Waals surface area contributed by atoms with E-state index in [1.165, 1.54) is 12.1 Å². The standard InChI is InChI=1S/C22H23F3N6O/c1-14(15-10-11-15)27-21-30-19(17-8-5-9-18(28-17)22(23,24)25)29-20(31-21)26-12-13-32-16-6-3-2-4-7-16/h2-9,14-15H,10-13H2,1H3,(H2,26,27,29,30,31). The summed E-state index contributed by atoms with van der Waals surface area (Å²) in [7, 11) is 0. The van der Waals surface area contributed by atoms with Gasteiger partial charge in [0.05, 0.1) is 6.54 Å². The molecular weight excluding hydrogens is 421 g/mol. The summed E-state index contributed by atoms with van der Waals surface area (Å²) in [6, 6.07) is 13.1. The molecule has 168 valence electrons. The van der Waals surface area contributed by atoms with Gasteiger partial charge in [-0.05, 0) is 49.9 Å². The lowest BCUT2D eigenvalue weighted by Gasteiger charge is -2.15. The average molecular weight is 444 g/mol. The molecule has 1 fully saturated rings. The molecule has 0 bridgehead atoms. The molecule has 1 atom stereocenters. The molecule has 7 nitrogen and oxygen atoms in total. The van der Waals surface area contributed by atoms with Crippen LogP contribution in [0.2, 0.25) is 0 Å². The maximum Gasteiger partial charge on any atom is 0.433 e. The van der Waals surface area contributed by atoms with Crippen molar-refractivity contribution in [1.29, 1.82) is 0 Å². The summed E-state index contributed by atoms with van der Waals surface area (Å²) in [6.07, 6.45) is -2.30. The van der Waals surface area contributed by atoms with Crippen molar-refractivity contribution in [2.24, 2.45) is 5.92 Å². The minimum absolute atomic E-state index is 0.0212. The Morgan fingerprint density at radius 2 is 1.72 bits per heavy atom. The third kappa shape index (κ3) is 5.83. The van der Waals surface area contributed by atoms with Crippen molar-refractivity contribution in [2.75, 3.05) is 23.8 Å². The largest absolute Gasteiger partial charge is 0.492 e. The predicted molar refractivity (Wildman–Crippen MR) is 114 cm³/mol. The third-order valence-corrected chi connectivity index (χ3v) is 4.99. The van der Waals surface area contributed by atoms with Crippen LogP contribution in [0, 0.1) is 5.92 Å². The number of para-hydroxylation sites is 1. The number of nitrogens with one attached hydrogen (secondary N) is 2. The molecule has 1 unspecified atom stereocenters. The Hall–Kier alpha value is -3.43. The quantitative estimate of drug-likeness (QED) is 0.465. The Kier molecular flexibility index (Phi) is 6.38. The topological polar surface area (TPSA) is 84.9 Å². The van der Waals surface area contributed by atoms with Crippen molar-refractivity contribution in [3.8, 4) is 17.3 Å². The van der Waals surface area contributed by atoms with Gasteiger partial charge in [0, 0.05) is 6.04 Å². The Morgan fingerprint density at radius 3 is 2.44 bits per heavy atom. The van der Waals surface area contributed by atoms with Crippen molar-refractivity contribution in [2.45, 2.75) is 32.0 Å². The number of ether oxygens (including phenoxy) is 1. The zero-order valence-electron chi connectivity index (χ0n) is 17.4. The lowest BCUT2D eigenvalue weighted by molar-refractivity contribution is -0.141. The highest BCUT2D eigenvalue weighted by Crippen LogP contribution is 2.34. The summed E-state index contributed by atoms with van der Waals surface area (Å²) < 4.78 is 44.9. The van der Waals surface area contributed by atoms with Crippen LogP contribution in [0.15, 0.2) is 48.5 Å². The molecule has 1 aliphatic carbocycles. The lowest BCUT2D eigenvalue weighted by Crippen LogP contribution is -2.21. The number of benzene rings is 1. The van der Waals surface area contributed by atoms with E-state index in [4.69, 9.17) is 4.74 Å². The second-order valence-electron chi connectivity index (χ2n) is 7.57. The van der Waals surface area contributed by atoms with Crippen molar-refractivity contribution in [3.05, 3.63) is 54.2 Å².